The van der Waals surface area contributed by atoms with Crippen molar-refractivity contribution in [3.05, 3.63) is 24.3 Å². The van der Waals surface area contributed by atoms with Gasteiger partial charge in [-0.3, -0.25) is 4.79 Å². The molecule has 0 bridgehead atoms. The van der Waals surface area contributed by atoms with E-state index in [0.717, 1.165) is 51.4 Å². The zero-order chi connectivity index (χ0) is 60.5. The highest BCUT2D eigenvalue weighted by Crippen LogP contribution is 2.33. The number of carbonyl (C=O) groups excluding carboxylic acids is 1. The summed E-state index contributed by atoms with van der Waals surface area (Å²) in [6, 6.07) is -0.972. The first kappa shape index (κ1) is 75.5. The number of hydrogen-bond acceptors (Lipinski definition) is 18. The Balaban J connectivity index is 1.47. The highest BCUT2D eigenvalue weighted by atomic mass is 16.8. The normalized spacial score (nSPS) is 29.5. The molecule has 3 aliphatic rings. The number of aliphatic hydroxyl groups is 11. The molecule has 1 amide bonds. The molecule has 19 heteroatoms. The van der Waals surface area contributed by atoms with Crippen LogP contribution in [0.4, 0.5) is 0 Å². The number of hydrogen-bond donors (Lipinski definition) is 12. The molecule has 0 aromatic heterocycles. The van der Waals surface area contributed by atoms with Crippen molar-refractivity contribution in [1.82, 2.24) is 5.32 Å². The molecule has 0 saturated carbocycles. The standard InChI is InChI=1S/C64H119NO18/c1-3-5-7-9-11-13-15-17-19-21-22-23-24-26-28-30-32-34-36-38-40-42-52(70)65-47(48(69)41-39-37-35-33-31-29-27-25-20-18-16-14-12-10-8-6-4-2)46-78-62-58(76)55(73)60(50(44-67)80-62)83-64-59(77)56(74)61(51(45-68)81-64)82-63-57(75)54(72)53(71)49(43-66)79-63/h21-22,39,41,47-51,53-64,66-69,71-77H,3-20,23-38,40,42-46H2,1-2H3,(H,65,70)/b22-21-,41-39+. The number of unbranched alkanes of at least 4 members (excludes halogenated alkanes) is 32. The summed E-state index contributed by atoms with van der Waals surface area (Å²) in [4.78, 5) is 13.4. The predicted octanol–water partition coefficient (Wildman–Crippen LogP) is 7.49. The Morgan fingerprint density at radius 3 is 1.17 bits per heavy atom. The molecule has 17 atom stereocenters. The first-order valence-corrected chi connectivity index (χ1v) is 33.1. The van der Waals surface area contributed by atoms with Gasteiger partial charge in [-0.25, -0.2) is 0 Å². The van der Waals surface area contributed by atoms with Crippen LogP contribution in [-0.2, 0) is 33.2 Å². The van der Waals surface area contributed by atoms with E-state index in [4.69, 9.17) is 28.4 Å². The number of aliphatic hydroxyl groups excluding tert-OH is 11. The van der Waals surface area contributed by atoms with E-state index in [1.807, 2.05) is 6.08 Å². The van der Waals surface area contributed by atoms with Gasteiger partial charge in [-0.2, -0.15) is 0 Å². The molecule has 3 aliphatic heterocycles. The van der Waals surface area contributed by atoms with E-state index in [1.165, 1.54) is 167 Å². The highest BCUT2D eigenvalue weighted by Gasteiger charge is 2.53. The minimum Gasteiger partial charge on any atom is -0.394 e. The number of allylic oxidation sites excluding steroid dienone is 3. The molecule has 0 aromatic rings. The second-order valence-electron chi connectivity index (χ2n) is 23.9. The van der Waals surface area contributed by atoms with Gasteiger partial charge in [0.1, 0.15) is 73.2 Å². The summed E-state index contributed by atoms with van der Waals surface area (Å²) in [5.74, 6) is -0.276. The zero-order valence-electron chi connectivity index (χ0n) is 51.2. The van der Waals surface area contributed by atoms with Crippen LogP contribution < -0.4 is 5.32 Å². The van der Waals surface area contributed by atoms with Crippen molar-refractivity contribution in [3.8, 4) is 0 Å². The summed E-state index contributed by atoms with van der Waals surface area (Å²) < 4.78 is 34.3. The fraction of sp³-hybridized carbons (Fsp3) is 0.922. The molecule has 0 aliphatic carbocycles. The van der Waals surface area contributed by atoms with Gasteiger partial charge in [0.25, 0.3) is 0 Å². The molecule has 19 nitrogen and oxygen atoms in total. The Morgan fingerprint density at radius 2 is 0.759 bits per heavy atom. The lowest BCUT2D eigenvalue weighted by Crippen LogP contribution is -2.66. The molecule has 488 valence electrons. The van der Waals surface area contributed by atoms with Crippen LogP contribution in [0.1, 0.15) is 245 Å². The molecule has 0 radical (unpaired) electrons. The van der Waals surface area contributed by atoms with E-state index < -0.39 is 124 Å². The van der Waals surface area contributed by atoms with Crippen LogP contribution in [0.25, 0.3) is 0 Å². The molecule has 0 aromatic carbocycles. The average Bonchev–Trinajstić information content (AvgIpc) is 3.34. The van der Waals surface area contributed by atoms with Gasteiger partial charge >= 0.3 is 0 Å². The van der Waals surface area contributed by atoms with Gasteiger partial charge in [-0.15, -0.1) is 0 Å². The Morgan fingerprint density at radius 1 is 0.422 bits per heavy atom. The maximum Gasteiger partial charge on any atom is 0.220 e. The summed E-state index contributed by atoms with van der Waals surface area (Å²) >= 11 is 0. The van der Waals surface area contributed by atoms with Gasteiger partial charge in [-0.1, -0.05) is 218 Å². The van der Waals surface area contributed by atoms with Crippen LogP contribution in [0, 0.1) is 0 Å². The molecule has 3 heterocycles. The smallest absolute Gasteiger partial charge is 0.220 e. The molecule has 17 unspecified atom stereocenters. The second kappa shape index (κ2) is 47.3. The van der Waals surface area contributed by atoms with E-state index in [1.54, 1.807) is 6.08 Å². The lowest BCUT2D eigenvalue weighted by molar-refractivity contribution is -0.379. The monoisotopic (exact) mass is 1190 g/mol. The molecular weight excluding hydrogens is 1070 g/mol. The Kier molecular flexibility index (Phi) is 43.0. The van der Waals surface area contributed by atoms with E-state index in [0.29, 0.717) is 6.42 Å². The number of amides is 1. The fourth-order valence-corrected chi connectivity index (χ4v) is 11.3. The molecular formula is C64H119NO18. The summed E-state index contributed by atoms with van der Waals surface area (Å²) in [5, 5.41) is 120. The van der Waals surface area contributed by atoms with Crippen molar-refractivity contribution in [2.24, 2.45) is 0 Å². The first-order chi connectivity index (χ1) is 40.3. The lowest BCUT2D eigenvalue weighted by Gasteiger charge is -2.48. The van der Waals surface area contributed by atoms with E-state index in [2.05, 4.69) is 31.3 Å². The van der Waals surface area contributed by atoms with Crippen LogP contribution in [0.5, 0.6) is 0 Å². The third-order valence-electron chi connectivity index (χ3n) is 16.7. The maximum atomic E-state index is 13.4. The van der Waals surface area contributed by atoms with Crippen LogP contribution in [0.15, 0.2) is 24.3 Å². The minimum absolute atomic E-state index is 0.243. The first-order valence-electron chi connectivity index (χ1n) is 33.1. The molecule has 12 N–H and O–H groups in total. The predicted molar refractivity (Wildman–Crippen MR) is 319 cm³/mol. The van der Waals surface area contributed by atoms with E-state index in [9.17, 15) is 61.0 Å². The number of nitrogens with one attached hydrogen (secondary N) is 1. The number of carbonyl (C=O) groups is 1. The van der Waals surface area contributed by atoms with Crippen LogP contribution >= 0.6 is 0 Å². The second-order valence-corrected chi connectivity index (χ2v) is 23.9. The van der Waals surface area contributed by atoms with Crippen molar-refractivity contribution in [3.63, 3.8) is 0 Å². The SMILES string of the molecule is CCCCCCCCCC/C=C\CCCCCCCCCCCC(=O)NC(COC1OC(CO)C(OC2OC(CO)C(OC3OC(CO)C(O)C(O)C3O)C(O)C2O)C(O)C1O)C(O)/C=C/CCCCCCCCCCCCCCCCC. The van der Waals surface area contributed by atoms with Gasteiger partial charge in [0.15, 0.2) is 18.9 Å². The Hall–Kier alpha value is -1.73. The summed E-state index contributed by atoms with van der Waals surface area (Å²) in [7, 11) is 0. The summed E-state index contributed by atoms with van der Waals surface area (Å²) in [6.45, 7) is 1.75. The summed E-state index contributed by atoms with van der Waals surface area (Å²) in [5.41, 5.74) is 0. The number of ether oxygens (including phenoxy) is 6. The Labute approximate surface area is 498 Å². The topological polar surface area (TPSA) is 307 Å². The molecule has 3 saturated heterocycles. The van der Waals surface area contributed by atoms with Crippen molar-refractivity contribution in [2.45, 2.75) is 349 Å². The van der Waals surface area contributed by atoms with Crippen molar-refractivity contribution >= 4 is 5.91 Å². The third kappa shape index (κ3) is 30.4. The maximum absolute atomic E-state index is 13.4. The molecule has 0 spiro atoms. The van der Waals surface area contributed by atoms with Gasteiger partial charge in [0.05, 0.1) is 38.6 Å². The van der Waals surface area contributed by atoms with Gasteiger partial charge in [0, 0.05) is 6.42 Å². The van der Waals surface area contributed by atoms with Gasteiger partial charge < -0.3 is 89.9 Å². The van der Waals surface area contributed by atoms with Crippen LogP contribution in [0.2, 0.25) is 0 Å². The molecule has 3 fully saturated rings. The average molecular weight is 1190 g/mol. The van der Waals surface area contributed by atoms with Crippen molar-refractivity contribution in [2.75, 3.05) is 26.4 Å². The van der Waals surface area contributed by atoms with Crippen LogP contribution in [0.3, 0.4) is 0 Å². The van der Waals surface area contributed by atoms with Crippen molar-refractivity contribution in [1.29, 1.82) is 0 Å². The van der Waals surface area contributed by atoms with Gasteiger partial charge in [0.2, 0.25) is 5.91 Å². The summed E-state index contributed by atoms with van der Waals surface area (Å²) in [6.07, 6.45) is 24.3. The minimum atomic E-state index is -1.98. The fourth-order valence-electron chi connectivity index (χ4n) is 11.3. The van der Waals surface area contributed by atoms with E-state index >= 15 is 0 Å². The Bertz CT molecular complexity index is 1610. The lowest BCUT2D eigenvalue weighted by atomic mass is 9.96. The highest BCUT2D eigenvalue weighted by molar-refractivity contribution is 5.76. The van der Waals surface area contributed by atoms with Crippen LogP contribution in [-0.4, -0.2) is 193 Å². The van der Waals surface area contributed by atoms with Crippen molar-refractivity contribution < 1.29 is 89.4 Å². The molecule has 3 rings (SSSR count). The quantitative estimate of drug-likeness (QED) is 0.0207. The van der Waals surface area contributed by atoms with E-state index in [-0.39, 0.29) is 18.9 Å². The number of rotatable bonds is 50. The third-order valence-corrected chi connectivity index (χ3v) is 16.7. The zero-order valence-corrected chi connectivity index (χ0v) is 51.2. The largest absolute Gasteiger partial charge is 0.394 e. The molecule has 83 heavy (non-hydrogen) atoms. The van der Waals surface area contributed by atoms with Gasteiger partial charge in [-0.05, 0) is 44.9 Å².